The van der Waals surface area contributed by atoms with Gasteiger partial charge in [0.1, 0.15) is 12.1 Å². The molecule has 2 fully saturated rings. The van der Waals surface area contributed by atoms with E-state index < -0.39 is 0 Å². The zero-order valence-corrected chi connectivity index (χ0v) is 10.4. The van der Waals surface area contributed by atoms with Crippen LogP contribution in [0.15, 0.2) is 12.5 Å². The molecule has 2 aromatic rings. The first-order valence-corrected chi connectivity index (χ1v) is 6.89. The van der Waals surface area contributed by atoms with Gasteiger partial charge in [0.2, 0.25) is 0 Å². The summed E-state index contributed by atoms with van der Waals surface area (Å²) in [6.07, 6.45) is 4.83. The maximum Gasteiger partial charge on any atom is 0.163 e. The van der Waals surface area contributed by atoms with Crippen molar-refractivity contribution in [2.24, 2.45) is 7.05 Å². The quantitative estimate of drug-likeness (QED) is 0.754. The molecular formula is C11H13N5S. The number of aromatic nitrogens is 4. The van der Waals surface area contributed by atoms with Gasteiger partial charge in [-0.2, -0.15) is 16.9 Å². The Morgan fingerprint density at radius 1 is 1.41 bits per heavy atom. The molecule has 0 N–H and O–H groups in total. The van der Waals surface area contributed by atoms with Crippen LogP contribution in [0.4, 0.5) is 5.82 Å². The highest BCUT2D eigenvalue weighted by Gasteiger charge is 2.39. The van der Waals surface area contributed by atoms with Gasteiger partial charge >= 0.3 is 0 Å². The van der Waals surface area contributed by atoms with E-state index in [9.17, 15) is 0 Å². The molecule has 0 aromatic carbocycles. The first-order valence-electron chi connectivity index (χ1n) is 5.84. The summed E-state index contributed by atoms with van der Waals surface area (Å²) in [5, 5.41) is 6.14. The first-order chi connectivity index (χ1) is 8.33. The summed E-state index contributed by atoms with van der Waals surface area (Å²) in [4.78, 5) is 11.2. The molecule has 2 aromatic heterocycles. The maximum atomic E-state index is 4.47. The van der Waals surface area contributed by atoms with Crippen molar-refractivity contribution in [3.63, 3.8) is 0 Å². The lowest BCUT2D eigenvalue weighted by Gasteiger charge is -2.27. The predicted molar refractivity (Wildman–Crippen MR) is 68.3 cm³/mol. The third-order valence-corrected chi connectivity index (χ3v) is 5.07. The maximum absolute atomic E-state index is 4.47. The first kappa shape index (κ1) is 9.70. The Labute approximate surface area is 103 Å². The number of fused-ring (bicyclic) bond motifs is 3. The Morgan fingerprint density at radius 3 is 3.12 bits per heavy atom. The Bertz CT molecular complexity index is 580. The molecule has 6 heteroatoms. The third kappa shape index (κ3) is 1.30. The van der Waals surface area contributed by atoms with Gasteiger partial charge in [0.05, 0.1) is 11.6 Å². The lowest BCUT2D eigenvalue weighted by Crippen LogP contribution is -2.34. The van der Waals surface area contributed by atoms with Gasteiger partial charge in [0, 0.05) is 30.6 Å². The standard InChI is InChI=1S/C11H13N5S/c1-15-10-9(3-14-15)11(13-6-12-10)16-4-8-2-7(16)5-17-8/h3,6-8H,2,4-5H2,1H3/t7-,8+/m0/s1. The van der Waals surface area contributed by atoms with E-state index in [2.05, 4.69) is 31.7 Å². The van der Waals surface area contributed by atoms with E-state index >= 15 is 0 Å². The molecule has 0 spiro atoms. The number of anilines is 1. The van der Waals surface area contributed by atoms with Crippen LogP contribution in [0.5, 0.6) is 0 Å². The van der Waals surface area contributed by atoms with Gasteiger partial charge in [0.25, 0.3) is 0 Å². The van der Waals surface area contributed by atoms with Gasteiger partial charge in [-0.05, 0) is 6.42 Å². The van der Waals surface area contributed by atoms with E-state index in [1.54, 1.807) is 6.33 Å². The molecule has 4 heterocycles. The van der Waals surface area contributed by atoms with Gasteiger partial charge in [0.15, 0.2) is 5.65 Å². The molecule has 0 unspecified atom stereocenters. The van der Waals surface area contributed by atoms with Gasteiger partial charge < -0.3 is 4.90 Å². The van der Waals surface area contributed by atoms with Crippen molar-refractivity contribution in [2.45, 2.75) is 17.7 Å². The van der Waals surface area contributed by atoms with Crippen LogP contribution in [0.25, 0.3) is 11.0 Å². The Kier molecular flexibility index (Phi) is 1.91. The summed E-state index contributed by atoms with van der Waals surface area (Å²) >= 11 is 2.10. The Morgan fingerprint density at radius 2 is 2.35 bits per heavy atom. The molecule has 2 atom stereocenters. The predicted octanol–water partition coefficient (Wildman–Crippen LogP) is 1.06. The van der Waals surface area contributed by atoms with Crippen LogP contribution < -0.4 is 4.90 Å². The van der Waals surface area contributed by atoms with Crippen molar-refractivity contribution in [2.75, 3.05) is 17.2 Å². The molecule has 5 nitrogen and oxygen atoms in total. The minimum Gasteiger partial charge on any atom is -0.351 e. The van der Waals surface area contributed by atoms with Gasteiger partial charge in [-0.1, -0.05) is 0 Å². The summed E-state index contributed by atoms with van der Waals surface area (Å²) in [5.74, 6) is 2.30. The fourth-order valence-corrected chi connectivity index (χ4v) is 4.27. The van der Waals surface area contributed by atoms with E-state index in [1.807, 2.05) is 17.9 Å². The SMILES string of the molecule is Cn1ncc2c(N3C[C@H]4C[C@H]3CS4)ncnc21. The molecule has 2 aliphatic heterocycles. The number of thioether (sulfide) groups is 1. The second kappa shape index (κ2) is 3.35. The fourth-order valence-electron chi connectivity index (χ4n) is 2.84. The number of hydrogen-bond donors (Lipinski definition) is 0. The molecule has 0 aliphatic carbocycles. The van der Waals surface area contributed by atoms with Crippen LogP contribution in [-0.4, -0.2) is 43.3 Å². The molecule has 2 saturated heterocycles. The molecule has 88 valence electrons. The lowest BCUT2D eigenvalue weighted by molar-refractivity contribution is 0.753. The summed E-state index contributed by atoms with van der Waals surface area (Å²) in [7, 11) is 1.92. The van der Waals surface area contributed by atoms with Crippen molar-refractivity contribution in [3.05, 3.63) is 12.5 Å². The van der Waals surface area contributed by atoms with Crippen molar-refractivity contribution >= 4 is 28.6 Å². The lowest BCUT2D eigenvalue weighted by atomic mass is 10.2. The van der Waals surface area contributed by atoms with Crippen LogP contribution in [0.3, 0.4) is 0 Å². The number of aryl methyl sites for hydroxylation is 1. The molecule has 17 heavy (non-hydrogen) atoms. The molecule has 0 amide bonds. The number of hydrogen-bond acceptors (Lipinski definition) is 5. The van der Waals surface area contributed by atoms with E-state index in [1.165, 1.54) is 12.2 Å². The normalized spacial score (nSPS) is 27.2. The highest BCUT2D eigenvalue weighted by atomic mass is 32.2. The van der Waals surface area contributed by atoms with Crippen molar-refractivity contribution in [1.29, 1.82) is 0 Å². The molecule has 2 bridgehead atoms. The number of rotatable bonds is 1. The van der Waals surface area contributed by atoms with Crippen molar-refractivity contribution in [1.82, 2.24) is 19.7 Å². The van der Waals surface area contributed by atoms with Gasteiger partial charge in [-0.25, -0.2) is 9.97 Å². The summed E-state index contributed by atoms with van der Waals surface area (Å²) in [6.45, 7) is 1.12. The molecule has 4 rings (SSSR count). The van der Waals surface area contributed by atoms with E-state index in [4.69, 9.17) is 0 Å². The monoisotopic (exact) mass is 247 g/mol. The Balaban J connectivity index is 1.85. The van der Waals surface area contributed by atoms with Crippen LogP contribution in [0.1, 0.15) is 6.42 Å². The van der Waals surface area contributed by atoms with E-state index in [0.29, 0.717) is 6.04 Å². The smallest absolute Gasteiger partial charge is 0.163 e. The van der Waals surface area contributed by atoms with Crippen LogP contribution in [0, 0.1) is 0 Å². The largest absolute Gasteiger partial charge is 0.351 e. The van der Waals surface area contributed by atoms with Crippen LogP contribution >= 0.6 is 11.8 Å². The van der Waals surface area contributed by atoms with E-state index in [0.717, 1.165) is 28.6 Å². The third-order valence-electron chi connectivity index (χ3n) is 3.68. The zero-order chi connectivity index (χ0) is 11.4. The molecular weight excluding hydrogens is 234 g/mol. The second-order valence-corrected chi connectivity index (χ2v) is 6.03. The van der Waals surface area contributed by atoms with Gasteiger partial charge in [-0.15, -0.1) is 0 Å². The van der Waals surface area contributed by atoms with Crippen molar-refractivity contribution < 1.29 is 0 Å². The highest BCUT2D eigenvalue weighted by Crippen LogP contribution is 2.40. The zero-order valence-electron chi connectivity index (χ0n) is 9.58. The number of nitrogens with zero attached hydrogens (tertiary/aromatic N) is 5. The topological polar surface area (TPSA) is 46.8 Å². The fraction of sp³-hybridized carbons (Fsp3) is 0.545. The minimum absolute atomic E-state index is 0.656. The van der Waals surface area contributed by atoms with E-state index in [-0.39, 0.29) is 0 Å². The molecule has 0 radical (unpaired) electrons. The Hall–Kier alpha value is -1.30. The van der Waals surface area contributed by atoms with Gasteiger partial charge in [-0.3, -0.25) is 4.68 Å². The summed E-state index contributed by atoms with van der Waals surface area (Å²) < 4.78 is 1.81. The van der Waals surface area contributed by atoms with Crippen LogP contribution in [-0.2, 0) is 7.05 Å². The summed E-state index contributed by atoms with van der Waals surface area (Å²) in [5.41, 5.74) is 0.922. The highest BCUT2D eigenvalue weighted by molar-refractivity contribution is 8.00. The summed E-state index contributed by atoms with van der Waals surface area (Å²) in [6, 6.07) is 0.656. The minimum atomic E-state index is 0.656. The second-order valence-electron chi connectivity index (χ2n) is 4.70. The van der Waals surface area contributed by atoms with Crippen molar-refractivity contribution in [3.8, 4) is 0 Å². The molecule has 2 aliphatic rings. The van der Waals surface area contributed by atoms with Crippen LogP contribution in [0.2, 0.25) is 0 Å². The average molecular weight is 247 g/mol. The molecule has 0 saturated carbocycles. The average Bonchev–Trinajstić information content (AvgIpc) is 3.04.